The first kappa shape index (κ1) is 12.0. The van der Waals surface area contributed by atoms with E-state index >= 15 is 0 Å². The fourth-order valence-electron chi connectivity index (χ4n) is 0.227. The molecular formula is C4H2BrClMgS. The van der Waals surface area contributed by atoms with Gasteiger partial charge in [-0.3, -0.25) is 11.3 Å². The summed E-state index contributed by atoms with van der Waals surface area (Å²) in [7, 11) is 0. The number of hydrogen-bond acceptors (Lipinski definition) is 1. The second-order valence-electron chi connectivity index (χ2n) is 0.839. The standard InChI is InChI=1S/C4H2BrS.ClH.Mg/c5-4-2-1-3-6-4;;/h1,3H;1H;/q-1;;+2/p-1. The van der Waals surface area contributed by atoms with Crippen molar-refractivity contribution >= 4 is 50.3 Å². The molecule has 0 radical (unpaired) electrons. The molecule has 0 aliphatic heterocycles. The Bertz CT molecular complexity index is 120. The van der Waals surface area contributed by atoms with Gasteiger partial charge in [0.2, 0.25) is 0 Å². The van der Waals surface area contributed by atoms with Gasteiger partial charge in [-0.05, 0) is 3.79 Å². The maximum absolute atomic E-state index is 3.24. The van der Waals surface area contributed by atoms with Crippen LogP contribution in [0.25, 0.3) is 0 Å². The van der Waals surface area contributed by atoms with Crippen molar-refractivity contribution in [1.29, 1.82) is 0 Å². The molecule has 0 nitrogen and oxygen atoms in total. The van der Waals surface area contributed by atoms with E-state index in [4.69, 9.17) is 0 Å². The predicted octanol–water partition coefficient (Wildman–Crippen LogP) is -1.07. The Morgan fingerprint density at radius 3 is 2.38 bits per heavy atom. The molecule has 1 heterocycles. The molecule has 0 aromatic carbocycles. The van der Waals surface area contributed by atoms with Crippen molar-refractivity contribution in [3.63, 3.8) is 0 Å². The van der Waals surface area contributed by atoms with Crippen LogP contribution < -0.4 is 12.4 Å². The third kappa shape index (κ3) is 4.15. The van der Waals surface area contributed by atoms with Gasteiger partial charge in [-0.2, -0.15) is 5.38 Å². The van der Waals surface area contributed by atoms with Crippen molar-refractivity contribution in [2.75, 3.05) is 0 Å². The summed E-state index contributed by atoms with van der Waals surface area (Å²) >= 11 is 4.88. The molecule has 40 valence electrons. The van der Waals surface area contributed by atoms with Crippen LogP contribution >= 0.6 is 27.3 Å². The van der Waals surface area contributed by atoms with Crippen molar-refractivity contribution in [2.45, 2.75) is 0 Å². The topological polar surface area (TPSA) is 0 Å². The van der Waals surface area contributed by atoms with E-state index in [1.54, 1.807) is 11.3 Å². The molecule has 0 saturated carbocycles. The third-order valence-corrected chi connectivity index (χ3v) is 1.82. The van der Waals surface area contributed by atoms with Crippen LogP contribution in [0.15, 0.2) is 15.2 Å². The smallest absolute Gasteiger partial charge is 1.00 e. The molecule has 0 aliphatic rings. The van der Waals surface area contributed by atoms with Crippen molar-refractivity contribution < 1.29 is 12.4 Å². The monoisotopic (exact) mass is 220 g/mol. The van der Waals surface area contributed by atoms with E-state index in [-0.39, 0.29) is 35.5 Å². The molecule has 0 fully saturated rings. The minimum absolute atomic E-state index is 0. The molecule has 0 spiro atoms. The van der Waals surface area contributed by atoms with Crippen molar-refractivity contribution in [1.82, 2.24) is 0 Å². The van der Waals surface area contributed by atoms with Crippen LogP contribution in [-0.2, 0) is 0 Å². The van der Waals surface area contributed by atoms with Crippen LogP contribution in [-0.4, -0.2) is 23.1 Å². The maximum atomic E-state index is 3.24. The molecule has 0 aliphatic carbocycles. The van der Waals surface area contributed by atoms with Gasteiger partial charge in [0.1, 0.15) is 0 Å². The average molecular weight is 222 g/mol. The first-order valence-electron chi connectivity index (χ1n) is 1.50. The van der Waals surface area contributed by atoms with Gasteiger partial charge < -0.3 is 12.4 Å². The quantitative estimate of drug-likeness (QED) is 0.387. The summed E-state index contributed by atoms with van der Waals surface area (Å²) in [6.07, 6.45) is 0. The fraction of sp³-hybridized carbons (Fsp3) is 0. The van der Waals surface area contributed by atoms with Crippen molar-refractivity contribution in [3.8, 4) is 0 Å². The van der Waals surface area contributed by atoms with Crippen LogP contribution in [0.1, 0.15) is 0 Å². The fourth-order valence-corrected chi connectivity index (χ4v) is 1.07. The SMILES string of the molecule is Brc1[c-]ccs1.[Cl-].[Mg+2]. The Morgan fingerprint density at radius 1 is 1.62 bits per heavy atom. The number of thiophene rings is 1. The number of halogens is 2. The van der Waals surface area contributed by atoms with Gasteiger partial charge in [-0.15, -0.1) is 0 Å². The van der Waals surface area contributed by atoms with Gasteiger partial charge in [0.15, 0.2) is 0 Å². The van der Waals surface area contributed by atoms with Crippen LogP contribution in [0.2, 0.25) is 0 Å². The predicted molar refractivity (Wildman–Crippen MR) is 36.6 cm³/mol. The molecular weight excluding hydrogens is 220 g/mol. The summed E-state index contributed by atoms with van der Waals surface area (Å²) in [5.74, 6) is 0. The Hall–Kier alpha value is 1.24. The Kier molecular flexibility index (Phi) is 9.51. The first-order chi connectivity index (χ1) is 2.89. The molecule has 0 bridgehead atoms. The summed E-state index contributed by atoms with van der Waals surface area (Å²) < 4.78 is 1.07. The van der Waals surface area contributed by atoms with Crippen molar-refractivity contribution in [2.24, 2.45) is 0 Å². The second-order valence-corrected chi connectivity index (χ2v) is 3.07. The third-order valence-electron chi connectivity index (χ3n) is 0.436. The maximum Gasteiger partial charge on any atom is 2.00 e. The summed E-state index contributed by atoms with van der Waals surface area (Å²) in [4.78, 5) is 0. The van der Waals surface area contributed by atoms with E-state index in [0.29, 0.717) is 0 Å². The van der Waals surface area contributed by atoms with E-state index in [1.165, 1.54) is 0 Å². The van der Waals surface area contributed by atoms with Crippen molar-refractivity contribution in [3.05, 3.63) is 21.3 Å². The minimum atomic E-state index is 0. The molecule has 4 heteroatoms. The zero-order valence-corrected chi connectivity index (χ0v) is 8.60. The van der Waals surface area contributed by atoms with E-state index in [2.05, 4.69) is 22.0 Å². The van der Waals surface area contributed by atoms with Gasteiger partial charge >= 0.3 is 23.1 Å². The van der Waals surface area contributed by atoms with E-state index < -0.39 is 0 Å². The molecule has 0 saturated heterocycles. The molecule has 0 unspecified atom stereocenters. The summed E-state index contributed by atoms with van der Waals surface area (Å²) in [6, 6.07) is 4.82. The number of rotatable bonds is 0. The van der Waals surface area contributed by atoms with Gasteiger partial charge in [0, 0.05) is 0 Å². The second kappa shape index (κ2) is 6.36. The Morgan fingerprint density at radius 2 is 2.25 bits per heavy atom. The van der Waals surface area contributed by atoms with Crippen LogP contribution in [0, 0.1) is 6.07 Å². The molecule has 0 atom stereocenters. The Balaban J connectivity index is 0. The van der Waals surface area contributed by atoms with E-state index in [0.717, 1.165) is 3.79 Å². The zero-order valence-electron chi connectivity index (χ0n) is 4.03. The molecule has 1 rings (SSSR count). The minimum Gasteiger partial charge on any atom is -1.00 e. The van der Waals surface area contributed by atoms with Crippen LogP contribution in [0.3, 0.4) is 0 Å². The zero-order chi connectivity index (χ0) is 4.41. The summed E-state index contributed by atoms with van der Waals surface area (Å²) in [6.45, 7) is 0. The van der Waals surface area contributed by atoms with E-state index in [1.807, 2.05) is 11.4 Å². The first-order valence-corrected chi connectivity index (χ1v) is 3.17. The molecule has 0 N–H and O–H groups in total. The van der Waals surface area contributed by atoms with Gasteiger partial charge in [-0.25, -0.2) is 12.1 Å². The normalized spacial score (nSPS) is 6.62. The van der Waals surface area contributed by atoms with Gasteiger partial charge in [-0.1, -0.05) is 15.9 Å². The molecule has 0 amide bonds. The van der Waals surface area contributed by atoms with Crippen LogP contribution in [0.4, 0.5) is 0 Å². The molecule has 1 aromatic rings. The van der Waals surface area contributed by atoms with Gasteiger partial charge in [0.25, 0.3) is 0 Å². The average Bonchev–Trinajstić information content (AvgIpc) is 1.86. The molecule has 8 heavy (non-hydrogen) atoms. The van der Waals surface area contributed by atoms with Gasteiger partial charge in [0.05, 0.1) is 0 Å². The van der Waals surface area contributed by atoms with E-state index in [9.17, 15) is 0 Å². The summed E-state index contributed by atoms with van der Waals surface area (Å²) in [5, 5.41) is 1.98. The molecule has 1 aromatic heterocycles. The largest absolute Gasteiger partial charge is 2.00 e. The number of hydrogen-bond donors (Lipinski definition) is 0. The van der Waals surface area contributed by atoms with Crippen LogP contribution in [0.5, 0.6) is 0 Å². The Labute approximate surface area is 83.4 Å². The summed E-state index contributed by atoms with van der Waals surface area (Å²) in [5.41, 5.74) is 0.